The second kappa shape index (κ2) is 30.4. The lowest BCUT2D eigenvalue weighted by Gasteiger charge is -2.53. The molecule has 3 saturated heterocycles. The van der Waals surface area contributed by atoms with Gasteiger partial charge in [0.15, 0.2) is 5.54 Å². The van der Waals surface area contributed by atoms with Gasteiger partial charge in [-0.15, -0.1) is 11.6 Å². The molecule has 6 atom stereocenters. The monoisotopic (exact) mass is 1390 g/mol. The van der Waals surface area contributed by atoms with Crippen LogP contribution in [-0.2, 0) is 77.4 Å². The number of rotatable bonds is 18. The molecule has 0 aromatic heterocycles. The lowest BCUT2D eigenvalue weighted by Crippen LogP contribution is -2.66. The summed E-state index contributed by atoms with van der Waals surface area (Å²) in [6, 6.07) is 41.0. The third-order valence-corrected chi connectivity index (χ3v) is 17.1. The van der Waals surface area contributed by atoms with Gasteiger partial charge in [0.1, 0.15) is 32.0 Å². The van der Waals surface area contributed by atoms with Gasteiger partial charge in [0.05, 0.1) is 96.4 Å². The number of amides is 4. The number of hydrogen-bond acceptors (Lipinski definition) is 12. The van der Waals surface area contributed by atoms with Crippen molar-refractivity contribution >= 4 is 36.0 Å². The van der Waals surface area contributed by atoms with Crippen LogP contribution in [0.5, 0.6) is 0 Å². The first-order valence-corrected chi connectivity index (χ1v) is 30.5. The maximum Gasteiger partial charge on any atom is 0.416 e. The molecule has 4 amide bonds. The van der Waals surface area contributed by atoms with Gasteiger partial charge in [0.25, 0.3) is 0 Å². The molecular formula is C68H63ClF12N6O10. The van der Waals surface area contributed by atoms with Crippen LogP contribution >= 0.6 is 11.6 Å². The Morgan fingerprint density at radius 2 is 0.948 bits per heavy atom. The molecule has 16 nitrogen and oxygen atoms in total. The van der Waals surface area contributed by atoms with Crippen LogP contribution in [0.25, 0.3) is 0 Å². The largest absolute Gasteiger partial charge is 0.448 e. The summed E-state index contributed by atoms with van der Waals surface area (Å²) in [7, 11) is 0. The first-order chi connectivity index (χ1) is 45.8. The first kappa shape index (κ1) is 73.6. The van der Waals surface area contributed by atoms with Crippen LogP contribution in [-0.4, -0.2) is 102 Å². The summed E-state index contributed by atoms with van der Waals surface area (Å²) in [4.78, 5) is 56.9. The summed E-state index contributed by atoms with van der Waals surface area (Å²) in [5, 5.41) is 23.2. The van der Waals surface area contributed by atoms with Crippen LogP contribution in [0.3, 0.4) is 0 Å². The number of hydrogen-bond donors (Lipinski definition) is 1. The van der Waals surface area contributed by atoms with Crippen molar-refractivity contribution in [3.05, 3.63) is 213 Å². The van der Waals surface area contributed by atoms with Crippen LogP contribution in [0, 0.1) is 22.7 Å². The molecule has 9 rings (SSSR count). The molecule has 516 valence electrons. The topological polar surface area (TPSA) is 193 Å². The number of benzene rings is 6. The number of cyclic esters (lactones) is 1. The predicted molar refractivity (Wildman–Crippen MR) is 323 cm³/mol. The van der Waals surface area contributed by atoms with Crippen molar-refractivity contribution in [3.63, 3.8) is 0 Å². The minimum atomic E-state index is -5.07. The molecule has 0 saturated carbocycles. The first-order valence-electron chi connectivity index (χ1n) is 30.0. The van der Waals surface area contributed by atoms with Gasteiger partial charge in [-0.25, -0.2) is 19.2 Å². The van der Waals surface area contributed by atoms with E-state index in [0.29, 0.717) is 46.5 Å². The van der Waals surface area contributed by atoms with E-state index >= 15 is 0 Å². The highest BCUT2D eigenvalue weighted by molar-refractivity contribution is 6.18. The number of nitriles is 2. The number of piperidine rings is 2. The summed E-state index contributed by atoms with van der Waals surface area (Å²) in [5.74, 6) is -0.00606. The Bertz CT molecular complexity index is 3730. The fraction of sp³-hybridized carbons (Fsp3) is 0.382. The second-order valence-electron chi connectivity index (χ2n) is 23.2. The van der Waals surface area contributed by atoms with E-state index in [1.54, 1.807) is 121 Å². The van der Waals surface area contributed by atoms with E-state index in [0.717, 1.165) is 0 Å². The Hall–Kier alpha value is -9.25. The number of carbonyl (C=O) groups excluding carboxylic acids is 4. The number of alkyl carbamates (subject to hydrolysis) is 1. The third-order valence-electron chi connectivity index (χ3n) is 16.9. The average molecular weight is 1390 g/mol. The highest BCUT2D eigenvalue weighted by Crippen LogP contribution is 2.48. The molecule has 3 fully saturated rings. The Morgan fingerprint density at radius 1 is 0.557 bits per heavy atom. The molecule has 0 radical (unpaired) electrons. The Labute approximate surface area is 554 Å². The molecule has 3 aliphatic rings. The van der Waals surface area contributed by atoms with E-state index in [2.05, 4.69) is 17.5 Å². The number of nitrogens with one attached hydrogen (secondary N) is 1. The van der Waals surface area contributed by atoms with E-state index in [-0.39, 0.29) is 88.8 Å². The molecule has 1 N–H and O–H groups in total. The van der Waals surface area contributed by atoms with Gasteiger partial charge in [0.2, 0.25) is 0 Å². The molecule has 6 aromatic rings. The molecule has 3 heterocycles. The maximum absolute atomic E-state index is 14.0. The highest BCUT2D eigenvalue weighted by Gasteiger charge is 2.57. The van der Waals surface area contributed by atoms with Crippen LogP contribution in [0.4, 0.5) is 71.9 Å². The van der Waals surface area contributed by atoms with Gasteiger partial charge in [-0.2, -0.15) is 63.2 Å². The normalized spacial score (nSPS) is 21.2. The minimum absolute atomic E-state index is 0.00606. The number of halogens is 13. The van der Waals surface area contributed by atoms with E-state index in [4.69, 9.17) is 40.0 Å². The smallest absolute Gasteiger partial charge is 0.416 e. The fourth-order valence-electron chi connectivity index (χ4n) is 11.6. The van der Waals surface area contributed by atoms with Gasteiger partial charge in [0, 0.05) is 0 Å². The van der Waals surface area contributed by atoms with Gasteiger partial charge in [-0.05, 0) is 109 Å². The summed E-state index contributed by atoms with van der Waals surface area (Å²) in [6.07, 6.45) is -26.4. The summed E-state index contributed by atoms with van der Waals surface area (Å²) < 4.78 is 197. The molecule has 0 aliphatic carbocycles. The van der Waals surface area contributed by atoms with E-state index in [1.165, 1.54) is 28.5 Å². The average Bonchev–Trinajstić information content (AvgIpc) is 1.25. The standard InChI is InChI=1S/C34H32ClF6N3O5.C34H31F6N3O5/c1-23(25-16-27(33(36,37)38)18-28(17-25)34(39,40)41)49-22-32(26-10-6-3-7-11-26)13-12-31(20-42,43-29(45)47-15-14-35)21-44(32)30(46)48-19-24-8-4-2-5-9-24;1-23(25-16-27(33(35,36)37)18-28(17-25)34(38,39)40)48-22-32(26-10-6-3-7-11-26)13-12-31(20-41,42-14-15-46-29(42)44)21-43(32)30(45)47-19-24-8-4-2-5-9-24/h2-11,16-18,23H,12-15,19,21-22H2,1H3,(H,43,45);2-11,16-18,23H,12-15,19,21-22H2,1H3/t2*23-,31-,32-/m11/s1. The van der Waals surface area contributed by atoms with Gasteiger partial charge < -0.3 is 33.7 Å². The summed E-state index contributed by atoms with van der Waals surface area (Å²) in [6.45, 7) is 0.659. The van der Waals surface area contributed by atoms with Crippen LogP contribution in [0.2, 0.25) is 0 Å². The summed E-state index contributed by atoms with van der Waals surface area (Å²) >= 11 is 5.61. The molecule has 0 spiro atoms. The lowest BCUT2D eigenvalue weighted by atomic mass is 9.74. The van der Waals surface area contributed by atoms with Gasteiger partial charge in [-0.1, -0.05) is 121 Å². The van der Waals surface area contributed by atoms with Crippen molar-refractivity contribution in [2.75, 3.05) is 51.9 Å². The van der Waals surface area contributed by atoms with Crippen LogP contribution < -0.4 is 5.32 Å². The van der Waals surface area contributed by atoms with Crippen molar-refractivity contribution in [3.8, 4) is 12.1 Å². The quantitative estimate of drug-likeness (QED) is 0.0487. The number of alkyl halides is 13. The molecule has 0 bridgehead atoms. The molecule has 6 aromatic carbocycles. The van der Waals surface area contributed by atoms with E-state index in [9.17, 15) is 82.4 Å². The van der Waals surface area contributed by atoms with E-state index < -0.39 is 131 Å². The molecule has 29 heteroatoms. The summed E-state index contributed by atoms with van der Waals surface area (Å²) in [5.41, 5.74) is -10.5. The predicted octanol–water partition coefficient (Wildman–Crippen LogP) is 16.2. The van der Waals surface area contributed by atoms with Gasteiger partial charge >= 0.3 is 49.1 Å². The number of likely N-dealkylation sites (tertiary alicyclic amines) is 2. The highest BCUT2D eigenvalue weighted by atomic mass is 35.5. The Balaban J connectivity index is 0.000000248. The molecule has 0 unspecified atom stereocenters. The molecule has 97 heavy (non-hydrogen) atoms. The van der Waals surface area contributed by atoms with Crippen LogP contribution in [0.15, 0.2) is 158 Å². The van der Waals surface area contributed by atoms with Crippen LogP contribution in [0.1, 0.15) is 107 Å². The van der Waals surface area contributed by atoms with Crippen molar-refractivity contribution < 1.29 is 100 Å². The zero-order valence-corrected chi connectivity index (χ0v) is 52.6. The van der Waals surface area contributed by atoms with Gasteiger partial charge in [-0.3, -0.25) is 14.7 Å². The molecule has 3 aliphatic heterocycles. The van der Waals surface area contributed by atoms with Crippen molar-refractivity contribution in [2.24, 2.45) is 0 Å². The minimum Gasteiger partial charge on any atom is -0.448 e. The maximum atomic E-state index is 14.0. The van der Waals surface area contributed by atoms with Crippen molar-refractivity contribution in [1.29, 1.82) is 10.5 Å². The third kappa shape index (κ3) is 17.7. The molecular weight excluding hydrogens is 1320 g/mol. The van der Waals surface area contributed by atoms with Crippen molar-refractivity contribution in [2.45, 2.75) is 112 Å². The zero-order chi connectivity index (χ0) is 70.6. The number of ether oxygens (including phenoxy) is 6. The SMILES string of the molecule is C[C@@H](OC[C@@]1(c2ccccc2)CC[C@](C#N)(N2CCOC2=O)CN1C(=O)OCc1ccccc1)c1cc(C(F)(F)F)cc(C(F)(F)F)c1.C[C@@H](OC[C@@]1(c2ccccc2)CC[C@](C#N)(NC(=O)OCCCl)CN1C(=O)OCc1ccccc1)c1cc(C(F)(F)F)cc(C(F)(F)F)c1. The lowest BCUT2D eigenvalue weighted by molar-refractivity contribution is -0.145. The number of carbonyl (C=O) groups is 4. The zero-order valence-electron chi connectivity index (χ0n) is 51.8. The fourth-order valence-corrected chi connectivity index (χ4v) is 11.7. The number of nitrogens with zero attached hydrogens (tertiary/aromatic N) is 5. The van der Waals surface area contributed by atoms with E-state index in [1.807, 2.05) is 0 Å². The van der Waals surface area contributed by atoms with Crippen molar-refractivity contribution in [1.82, 2.24) is 20.0 Å². The Morgan fingerprint density at radius 3 is 1.31 bits per heavy atom. The Kier molecular flexibility index (Phi) is 23.1. The second-order valence-corrected chi connectivity index (χ2v) is 23.6.